The second-order valence-corrected chi connectivity index (χ2v) is 4.53. The summed E-state index contributed by atoms with van der Waals surface area (Å²) in [4.78, 5) is 2.33. The maximum Gasteiger partial charge on any atom is 0.0574 e. The van der Waals surface area contributed by atoms with E-state index in [1.165, 1.54) is 16.8 Å². The Hall–Kier alpha value is -1.06. The quantitative estimate of drug-likeness (QED) is 0.792. The van der Waals surface area contributed by atoms with E-state index in [1.54, 1.807) is 0 Å². The second-order valence-electron chi connectivity index (χ2n) is 4.53. The van der Waals surface area contributed by atoms with E-state index < -0.39 is 0 Å². The van der Waals surface area contributed by atoms with Gasteiger partial charge in [-0.3, -0.25) is 0 Å². The van der Waals surface area contributed by atoms with E-state index in [-0.39, 0.29) is 6.10 Å². The number of rotatable bonds is 2. The van der Waals surface area contributed by atoms with E-state index in [4.69, 9.17) is 5.73 Å². The monoisotopic (exact) mass is 220 g/mol. The smallest absolute Gasteiger partial charge is 0.0574 e. The molecular weight excluding hydrogens is 200 g/mol. The number of benzene rings is 1. The molecule has 0 atom stereocenters. The number of piperidine rings is 1. The lowest BCUT2D eigenvalue weighted by Crippen LogP contribution is -2.35. The molecule has 1 aliphatic heterocycles. The maximum atomic E-state index is 9.47. The minimum atomic E-state index is -0.110. The Balaban J connectivity index is 2.12. The van der Waals surface area contributed by atoms with Crippen LogP contribution < -0.4 is 10.6 Å². The summed E-state index contributed by atoms with van der Waals surface area (Å²) in [5.41, 5.74) is 9.37. The Labute approximate surface area is 96.9 Å². The molecule has 0 spiro atoms. The van der Waals surface area contributed by atoms with Crippen LogP contribution >= 0.6 is 0 Å². The molecule has 0 aromatic heterocycles. The van der Waals surface area contributed by atoms with Crippen molar-refractivity contribution in [2.45, 2.75) is 32.4 Å². The van der Waals surface area contributed by atoms with Crippen molar-refractivity contribution in [2.24, 2.45) is 5.73 Å². The molecule has 1 aromatic rings. The summed E-state index contributed by atoms with van der Waals surface area (Å²) in [5.74, 6) is 0. The van der Waals surface area contributed by atoms with Crippen LogP contribution in [-0.4, -0.2) is 24.3 Å². The predicted molar refractivity (Wildman–Crippen MR) is 66.5 cm³/mol. The zero-order chi connectivity index (χ0) is 11.5. The van der Waals surface area contributed by atoms with Gasteiger partial charge in [-0.05, 0) is 43.0 Å². The summed E-state index contributed by atoms with van der Waals surface area (Å²) in [5, 5.41) is 9.47. The van der Waals surface area contributed by atoms with E-state index in [1.807, 2.05) is 0 Å². The van der Waals surface area contributed by atoms with Crippen LogP contribution in [0.4, 0.5) is 5.69 Å². The number of aliphatic hydroxyl groups is 1. The zero-order valence-corrected chi connectivity index (χ0v) is 9.82. The van der Waals surface area contributed by atoms with Crippen molar-refractivity contribution in [3.05, 3.63) is 29.3 Å². The van der Waals surface area contributed by atoms with Gasteiger partial charge in [-0.15, -0.1) is 0 Å². The van der Waals surface area contributed by atoms with E-state index in [0.29, 0.717) is 6.54 Å². The number of aryl methyl sites for hydroxylation is 1. The first kappa shape index (κ1) is 11.4. The molecule has 1 aromatic carbocycles. The van der Waals surface area contributed by atoms with E-state index >= 15 is 0 Å². The standard InChI is InChI=1S/C13H20N2O/c1-10-8-12(3-2-11(10)9-14)15-6-4-13(16)5-7-15/h2-3,8,13,16H,4-7,9,14H2,1H3. The first-order valence-electron chi connectivity index (χ1n) is 5.93. The lowest BCUT2D eigenvalue weighted by atomic mass is 10.0. The van der Waals surface area contributed by atoms with Gasteiger partial charge in [-0.1, -0.05) is 6.07 Å². The fourth-order valence-electron chi connectivity index (χ4n) is 2.23. The molecule has 1 heterocycles. The third-order valence-corrected chi connectivity index (χ3v) is 3.38. The van der Waals surface area contributed by atoms with Crippen LogP contribution in [0.3, 0.4) is 0 Å². The highest BCUT2D eigenvalue weighted by molar-refractivity contribution is 5.51. The van der Waals surface area contributed by atoms with Crippen LogP contribution in [0, 0.1) is 6.92 Å². The van der Waals surface area contributed by atoms with Crippen LogP contribution in [-0.2, 0) is 6.54 Å². The van der Waals surface area contributed by atoms with Crippen LogP contribution in [0.2, 0.25) is 0 Å². The average molecular weight is 220 g/mol. The third-order valence-electron chi connectivity index (χ3n) is 3.38. The Bertz CT molecular complexity index is 357. The molecule has 0 unspecified atom stereocenters. The molecule has 88 valence electrons. The van der Waals surface area contributed by atoms with Gasteiger partial charge in [-0.25, -0.2) is 0 Å². The maximum absolute atomic E-state index is 9.47. The van der Waals surface area contributed by atoms with E-state index in [2.05, 4.69) is 30.0 Å². The molecule has 1 fully saturated rings. The molecule has 0 radical (unpaired) electrons. The lowest BCUT2D eigenvalue weighted by Gasteiger charge is -2.31. The highest BCUT2D eigenvalue weighted by Crippen LogP contribution is 2.22. The number of nitrogens with zero attached hydrogens (tertiary/aromatic N) is 1. The predicted octanol–water partition coefficient (Wildman–Crippen LogP) is 1.41. The summed E-state index contributed by atoms with van der Waals surface area (Å²) in [6.45, 7) is 4.60. The first-order valence-corrected chi connectivity index (χ1v) is 5.93. The molecule has 0 bridgehead atoms. The fraction of sp³-hybridized carbons (Fsp3) is 0.538. The molecule has 0 aliphatic carbocycles. The van der Waals surface area contributed by atoms with E-state index in [9.17, 15) is 5.11 Å². The highest BCUT2D eigenvalue weighted by Gasteiger charge is 2.17. The number of anilines is 1. The van der Waals surface area contributed by atoms with Gasteiger partial charge in [-0.2, -0.15) is 0 Å². The third kappa shape index (κ3) is 2.36. The summed E-state index contributed by atoms with van der Waals surface area (Å²) in [7, 11) is 0. The zero-order valence-electron chi connectivity index (χ0n) is 9.82. The van der Waals surface area contributed by atoms with Crippen LogP contribution in [0.25, 0.3) is 0 Å². The van der Waals surface area contributed by atoms with Crippen molar-refractivity contribution in [3.63, 3.8) is 0 Å². The van der Waals surface area contributed by atoms with Crippen molar-refractivity contribution in [3.8, 4) is 0 Å². The topological polar surface area (TPSA) is 49.5 Å². The number of hydrogen-bond donors (Lipinski definition) is 2. The molecule has 1 saturated heterocycles. The molecule has 1 aliphatic rings. The van der Waals surface area contributed by atoms with Crippen molar-refractivity contribution in [1.82, 2.24) is 0 Å². The molecule has 3 N–H and O–H groups in total. The summed E-state index contributed by atoms with van der Waals surface area (Å²) in [6.07, 6.45) is 1.63. The van der Waals surface area contributed by atoms with Crippen molar-refractivity contribution < 1.29 is 5.11 Å². The Kier molecular flexibility index (Phi) is 3.46. The molecule has 2 rings (SSSR count). The lowest BCUT2D eigenvalue weighted by molar-refractivity contribution is 0.145. The average Bonchev–Trinajstić information content (AvgIpc) is 2.30. The molecule has 3 nitrogen and oxygen atoms in total. The first-order chi connectivity index (χ1) is 7.70. The fourth-order valence-corrected chi connectivity index (χ4v) is 2.23. The Morgan fingerprint density at radius 3 is 2.62 bits per heavy atom. The minimum absolute atomic E-state index is 0.110. The Morgan fingerprint density at radius 1 is 1.38 bits per heavy atom. The van der Waals surface area contributed by atoms with Crippen LogP contribution in [0.15, 0.2) is 18.2 Å². The van der Waals surface area contributed by atoms with Crippen molar-refractivity contribution in [2.75, 3.05) is 18.0 Å². The van der Waals surface area contributed by atoms with Crippen LogP contribution in [0.5, 0.6) is 0 Å². The largest absolute Gasteiger partial charge is 0.393 e. The van der Waals surface area contributed by atoms with Gasteiger partial charge in [0.25, 0.3) is 0 Å². The van der Waals surface area contributed by atoms with Crippen molar-refractivity contribution >= 4 is 5.69 Å². The van der Waals surface area contributed by atoms with Gasteiger partial charge < -0.3 is 15.7 Å². The molecule has 0 saturated carbocycles. The van der Waals surface area contributed by atoms with Crippen molar-refractivity contribution in [1.29, 1.82) is 0 Å². The second kappa shape index (κ2) is 4.85. The molecule has 0 amide bonds. The molecule has 16 heavy (non-hydrogen) atoms. The van der Waals surface area contributed by atoms with E-state index in [0.717, 1.165) is 25.9 Å². The van der Waals surface area contributed by atoms with Gasteiger partial charge in [0.1, 0.15) is 0 Å². The van der Waals surface area contributed by atoms with Gasteiger partial charge in [0.05, 0.1) is 6.10 Å². The number of hydrogen-bond acceptors (Lipinski definition) is 3. The summed E-state index contributed by atoms with van der Waals surface area (Å²) >= 11 is 0. The van der Waals surface area contributed by atoms with Gasteiger partial charge >= 0.3 is 0 Å². The number of nitrogens with two attached hydrogens (primary N) is 1. The van der Waals surface area contributed by atoms with Gasteiger partial charge in [0, 0.05) is 25.3 Å². The summed E-state index contributed by atoms with van der Waals surface area (Å²) < 4.78 is 0. The minimum Gasteiger partial charge on any atom is -0.393 e. The summed E-state index contributed by atoms with van der Waals surface area (Å²) in [6, 6.07) is 6.43. The normalized spacial score (nSPS) is 17.8. The highest BCUT2D eigenvalue weighted by atomic mass is 16.3. The SMILES string of the molecule is Cc1cc(N2CCC(O)CC2)ccc1CN. The molecular formula is C13H20N2O. The van der Waals surface area contributed by atoms with Gasteiger partial charge in [0.2, 0.25) is 0 Å². The van der Waals surface area contributed by atoms with Gasteiger partial charge in [0.15, 0.2) is 0 Å². The van der Waals surface area contributed by atoms with Crippen LogP contribution in [0.1, 0.15) is 24.0 Å². The Morgan fingerprint density at radius 2 is 2.06 bits per heavy atom. The number of aliphatic hydroxyl groups excluding tert-OH is 1. The molecule has 3 heteroatoms.